The summed E-state index contributed by atoms with van der Waals surface area (Å²) in [6, 6.07) is 7.27. The zero-order valence-corrected chi connectivity index (χ0v) is 11.8. The summed E-state index contributed by atoms with van der Waals surface area (Å²) in [5.41, 5.74) is 6.84. The number of aryl methyl sites for hydroxylation is 1. The molecule has 19 heavy (non-hydrogen) atoms. The summed E-state index contributed by atoms with van der Waals surface area (Å²) in [7, 11) is 0. The Hall–Kier alpha value is -1.46. The van der Waals surface area contributed by atoms with E-state index in [0.717, 1.165) is 5.56 Å². The standard InChI is InChI=1S/C14H12BrF2NO/c1-8-2-4-10(16)6-12(8)19-11-5-3-9(7-18)13(15)14(11)17/h2-6H,7,18H2,1H3. The van der Waals surface area contributed by atoms with Gasteiger partial charge in [0.15, 0.2) is 11.6 Å². The smallest absolute Gasteiger partial charge is 0.180 e. The molecule has 0 aliphatic heterocycles. The highest BCUT2D eigenvalue weighted by Crippen LogP contribution is 2.33. The van der Waals surface area contributed by atoms with Gasteiger partial charge in [-0.05, 0) is 46.1 Å². The second-order valence-corrected chi connectivity index (χ2v) is 4.86. The Morgan fingerprint density at radius 3 is 2.58 bits per heavy atom. The Kier molecular flexibility index (Phi) is 4.17. The summed E-state index contributed by atoms with van der Waals surface area (Å²) >= 11 is 3.13. The number of rotatable bonds is 3. The van der Waals surface area contributed by atoms with Crippen LogP contribution in [0.5, 0.6) is 11.5 Å². The molecule has 0 aliphatic rings. The highest BCUT2D eigenvalue weighted by Gasteiger charge is 2.13. The first-order chi connectivity index (χ1) is 9.02. The van der Waals surface area contributed by atoms with Gasteiger partial charge in [0, 0.05) is 12.6 Å². The van der Waals surface area contributed by atoms with Crippen molar-refractivity contribution in [2.24, 2.45) is 5.73 Å². The van der Waals surface area contributed by atoms with E-state index in [-0.39, 0.29) is 22.5 Å². The van der Waals surface area contributed by atoms with Gasteiger partial charge in [0.2, 0.25) is 0 Å². The van der Waals surface area contributed by atoms with Gasteiger partial charge in [-0.2, -0.15) is 0 Å². The average Bonchev–Trinajstić information content (AvgIpc) is 2.39. The van der Waals surface area contributed by atoms with Gasteiger partial charge in [0.1, 0.15) is 11.6 Å². The van der Waals surface area contributed by atoms with Crippen LogP contribution in [0.2, 0.25) is 0 Å². The second kappa shape index (κ2) is 5.67. The first-order valence-corrected chi connectivity index (χ1v) is 6.43. The summed E-state index contributed by atoms with van der Waals surface area (Å²) in [5.74, 6) is -0.672. The van der Waals surface area contributed by atoms with Crippen molar-refractivity contribution < 1.29 is 13.5 Å². The number of ether oxygens (including phenoxy) is 1. The minimum atomic E-state index is -0.549. The summed E-state index contributed by atoms with van der Waals surface area (Å²) in [4.78, 5) is 0. The third-order valence-electron chi connectivity index (χ3n) is 2.72. The van der Waals surface area contributed by atoms with E-state index in [1.807, 2.05) is 0 Å². The van der Waals surface area contributed by atoms with E-state index in [1.54, 1.807) is 19.1 Å². The summed E-state index contributed by atoms with van der Waals surface area (Å²) in [6.07, 6.45) is 0. The van der Waals surface area contributed by atoms with Crippen molar-refractivity contribution in [1.82, 2.24) is 0 Å². The van der Waals surface area contributed by atoms with Crippen LogP contribution in [0.4, 0.5) is 8.78 Å². The van der Waals surface area contributed by atoms with Crippen molar-refractivity contribution in [3.63, 3.8) is 0 Å². The molecule has 0 spiro atoms. The molecular weight excluding hydrogens is 316 g/mol. The first kappa shape index (κ1) is 14.0. The van der Waals surface area contributed by atoms with E-state index in [4.69, 9.17) is 10.5 Å². The quantitative estimate of drug-likeness (QED) is 0.912. The zero-order valence-electron chi connectivity index (χ0n) is 10.2. The highest BCUT2D eigenvalue weighted by atomic mass is 79.9. The molecule has 0 aliphatic carbocycles. The fraction of sp³-hybridized carbons (Fsp3) is 0.143. The van der Waals surface area contributed by atoms with Crippen LogP contribution in [0.25, 0.3) is 0 Å². The second-order valence-electron chi connectivity index (χ2n) is 4.07. The summed E-state index contributed by atoms with van der Waals surface area (Å²) in [6.45, 7) is 1.98. The molecule has 0 amide bonds. The molecule has 0 saturated carbocycles. The molecule has 2 aromatic rings. The molecule has 0 aromatic heterocycles. The maximum Gasteiger partial charge on any atom is 0.180 e. The molecule has 0 radical (unpaired) electrons. The van der Waals surface area contributed by atoms with Gasteiger partial charge >= 0.3 is 0 Å². The number of hydrogen-bond donors (Lipinski definition) is 1. The van der Waals surface area contributed by atoms with Gasteiger partial charge < -0.3 is 10.5 Å². The average molecular weight is 328 g/mol. The van der Waals surface area contributed by atoms with E-state index in [1.165, 1.54) is 18.2 Å². The zero-order chi connectivity index (χ0) is 14.0. The van der Waals surface area contributed by atoms with Crippen molar-refractivity contribution in [3.8, 4) is 11.5 Å². The first-order valence-electron chi connectivity index (χ1n) is 5.64. The molecule has 0 bridgehead atoms. The molecule has 2 rings (SSSR count). The Bertz CT molecular complexity index is 617. The molecule has 0 saturated heterocycles. The molecule has 0 fully saturated rings. The lowest BCUT2D eigenvalue weighted by Crippen LogP contribution is -2.00. The van der Waals surface area contributed by atoms with E-state index >= 15 is 0 Å². The van der Waals surface area contributed by atoms with Crippen molar-refractivity contribution in [1.29, 1.82) is 0 Å². The van der Waals surface area contributed by atoms with Gasteiger partial charge in [-0.3, -0.25) is 0 Å². The number of hydrogen-bond acceptors (Lipinski definition) is 2. The van der Waals surface area contributed by atoms with Crippen molar-refractivity contribution in [3.05, 3.63) is 57.6 Å². The molecule has 0 unspecified atom stereocenters. The van der Waals surface area contributed by atoms with Crippen LogP contribution in [0, 0.1) is 18.6 Å². The van der Waals surface area contributed by atoms with Gasteiger partial charge in [-0.1, -0.05) is 12.1 Å². The third kappa shape index (κ3) is 2.93. The summed E-state index contributed by atoms with van der Waals surface area (Å²) in [5, 5.41) is 0. The number of nitrogens with two attached hydrogens (primary N) is 1. The maximum atomic E-state index is 14.0. The van der Waals surface area contributed by atoms with Crippen LogP contribution < -0.4 is 10.5 Å². The minimum Gasteiger partial charge on any atom is -0.454 e. The van der Waals surface area contributed by atoms with Crippen LogP contribution in [-0.2, 0) is 6.54 Å². The maximum absolute atomic E-state index is 14.0. The monoisotopic (exact) mass is 327 g/mol. The largest absolute Gasteiger partial charge is 0.454 e. The summed E-state index contributed by atoms with van der Waals surface area (Å²) < 4.78 is 32.9. The van der Waals surface area contributed by atoms with Crippen molar-refractivity contribution in [2.75, 3.05) is 0 Å². The van der Waals surface area contributed by atoms with Crippen LogP contribution in [0.3, 0.4) is 0 Å². The van der Waals surface area contributed by atoms with Gasteiger partial charge in [0.05, 0.1) is 4.47 Å². The minimum absolute atomic E-state index is 0.0257. The van der Waals surface area contributed by atoms with Crippen LogP contribution in [-0.4, -0.2) is 0 Å². The van der Waals surface area contributed by atoms with Gasteiger partial charge in [-0.15, -0.1) is 0 Å². The topological polar surface area (TPSA) is 35.2 Å². The predicted octanol–water partition coefficient (Wildman–Crippen LogP) is 4.29. The van der Waals surface area contributed by atoms with Crippen molar-refractivity contribution in [2.45, 2.75) is 13.5 Å². The Labute approximate surface area is 118 Å². The molecule has 5 heteroatoms. The fourth-order valence-corrected chi connectivity index (χ4v) is 2.10. The SMILES string of the molecule is Cc1ccc(F)cc1Oc1ccc(CN)c(Br)c1F. The normalized spacial score (nSPS) is 10.6. The highest BCUT2D eigenvalue weighted by molar-refractivity contribution is 9.10. The van der Waals surface area contributed by atoms with Crippen molar-refractivity contribution >= 4 is 15.9 Å². The fourth-order valence-electron chi connectivity index (χ4n) is 1.61. The molecule has 2 nitrogen and oxygen atoms in total. The molecular formula is C14H12BrF2NO. The van der Waals surface area contributed by atoms with E-state index in [2.05, 4.69) is 15.9 Å². The molecule has 2 N–H and O–H groups in total. The Morgan fingerprint density at radius 2 is 1.89 bits per heavy atom. The molecule has 100 valence electrons. The Morgan fingerprint density at radius 1 is 1.16 bits per heavy atom. The lowest BCUT2D eigenvalue weighted by Gasteiger charge is -2.12. The van der Waals surface area contributed by atoms with E-state index in [0.29, 0.717) is 5.56 Å². The predicted molar refractivity (Wildman–Crippen MR) is 73.2 cm³/mol. The van der Waals surface area contributed by atoms with Gasteiger partial charge in [0.25, 0.3) is 0 Å². The molecule has 0 heterocycles. The third-order valence-corrected chi connectivity index (χ3v) is 3.57. The number of benzene rings is 2. The lowest BCUT2D eigenvalue weighted by molar-refractivity contribution is 0.433. The van der Waals surface area contributed by atoms with Gasteiger partial charge in [-0.25, -0.2) is 8.78 Å². The van der Waals surface area contributed by atoms with Crippen LogP contribution >= 0.6 is 15.9 Å². The lowest BCUT2D eigenvalue weighted by atomic mass is 10.2. The van der Waals surface area contributed by atoms with Crippen LogP contribution in [0.15, 0.2) is 34.8 Å². The van der Waals surface area contributed by atoms with E-state index < -0.39 is 11.6 Å². The van der Waals surface area contributed by atoms with E-state index in [9.17, 15) is 8.78 Å². The molecule has 2 aromatic carbocycles. The Balaban J connectivity index is 2.39. The molecule has 0 atom stereocenters. The number of halogens is 3. The van der Waals surface area contributed by atoms with Crippen LogP contribution in [0.1, 0.15) is 11.1 Å².